The molecule has 3 nitrogen and oxygen atoms in total. The number of benzene rings is 3. The summed E-state index contributed by atoms with van der Waals surface area (Å²) in [6, 6.07) is 24.2. The van der Waals surface area contributed by atoms with Crippen molar-refractivity contribution in [2.75, 3.05) is 7.11 Å². The van der Waals surface area contributed by atoms with Crippen LogP contribution < -0.4 is 10.2 Å². The number of fused-ring (bicyclic) bond motifs is 1. The molecule has 0 radical (unpaired) electrons. The Bertz CT molecular complexity index is 1220. The lowest BCUT2D eigenvalue weighted by atomic mass is 9.95. The fourth-order valence-electron chi connectivity index (χ4n) is 3.98. The first kappa shape index (κ1) is 19.0. The molecule has 3 aromatic carbocycles. The molecule has 0 spiro atoms. The zero-order valence-corrected chi connectivity index (χ0v) is 17.3. The van der Waals surface area contributed by atoms with Gasteiger partial charge in [0.25, 0.3) is 0 Å². The average Bonchev–Trinajstić information content (AvgIpc) is 2.76. The molecule has 0 aliphatic rings. The van der Waals surface area contributed by atoms with Gasteiger partial charge in [0, 0.05) is 16.6 Å². The molecule has 1 aromatic heterocycles. The van der Waals surface area contributed by atoms with Gasteiger partial charge in [0.05, 0.1) is 18.3 Å². The minimum atomic E-state index is 0.0890. The van der Waals surface area contributed by atoms with Crippen molar-refractivity contribution in [3.05, 3.63) is 94.1 Å². The topological polar surface area (TPSA) is 31.2 Å². The number of hydrogen-bond acceptors (Lipinski definition) is 2. The van der Waals surface area contributed by atoms with E-state index in [0.717, 1.165) is 44.7 Å². The molecule has 4 rings (SSSR count). The lowest BCUT2D eigenvalue weighted by Gasteiger charge is -2.23. The van der Waals surface area contributed by atoms with Crippen molar-refractivity contribution in [3.63, 3.8) is 0 Å². The van der Waals surface area contributed by atoms with Gasteiger partial charge in [-0.2, -0.15) is 0 Å². The highest BCUT2D eigenvalue weighted by Crippen LogP contribution is 2.33. The van der Waals surface area contributed by atoms with E-state index < -0.39 is 0 Å². The molecule has 0 N–H and O–H groups in total. The second-order valence-corrected chi connectivity index (χ2v) is 7.60. The molecule has 4 aromatic rings. The van der Waals surface area contributed by atoms with Gasteiger partial charge < -0.3 is 9.30 Å². The standard InChI is InChI=1S/C26H25NO2/c1-17(2)22-11-8-12-23-25(22)27(20-13-15-21(29-4)16-14-20)24(18(3)26(23)28)19-9-6-5-7-10-19/h5-17H,1-4H3. The van der Waals surface area contributed by atoms with Crippen molar-refractivity contribution < 1.29 is 4.74 Å². The largest absolute Gasteiger partial charge is 0.497 e. The Morgan fingerprint density at radius 2 is 1.55 bits per heavy atom. The summed E-state index contributed by atoms with van der Waals surface area (Å²) in [6.07, 6.45) is 0. The summed E-state index contributed by atoms with van der Waals surface area (Å²) in [5, 5.41) is 0.754. The van der Waals surface area contributed by atoms with Crippen LogP contribution in [0.4, 0.5) is 0 Å². The van der Waals surface area contributed by atoms with Crippen LogP contribution in [-0.4, -0.2) is 11.7 Å². The second kappa shape index (κ2) is 7.59. The van der Waals surface area contributed by atoms with Crippen molar-refractivity contribution in [2.24, 2.45) is 0 Å². The molecule has 0 bridgehead atoms. The first-order valence-electron chi connectivity index (χ1n) is 9.91. The number of para-hydroxylation sites is 1. The zero-order chi connectivity index (χ0) is 20.5. The third-order valence-electron chi connectivity index (χ3n) is 5.45. The number of pyridine rings is 1. The molecule has 0 unspecified atom stereocenters. The Kier molecular flexibility index (Phi) is 4.98. The lowest BCUT2D eigenvalue weighted by molar-refractivity contribution is 0.415. The first-order valence-corrected chi connectivity index (χ1v) is 9.91. The van der Waals surface area contributed by atoms with Crippen LogP contribution in [0.2, 0.25) is 0 Å². The highest BCUT2D eigenvalue weighted by molar-refractivity contribution is 5.89. The van der Waals surface area contributed by atoms with Gasteiger partial charge in [-0.05, 0) is 54.3 Å². The number of methoxy groups -OCH3 is 1. The number of ether oxygens (including phenoxy) is 1. The minimum absolute atomic E-state index is 0.0890. The maximum Gasteiger partial charge on any atom is 0.192 e. The third-order valence-corrected chi connectivity index (χ3v) is 5.45. The molecule has 0 atom stereocenters. The van der Waals surface area contributed by atoms with Gasteiger partial charge in [0.1, 0.15) is 5.75 Å². The average molecular weight is 383 g/mol. The lowest BCUT2D eigenvalue weighted by Crippen LogP contribution is -2.17. The molecule has 1 heterocycles. The second-order valence-electron chi connectivity index (χ2n) is 7.60. The Morgan fingerprint density at radius 3 is 2.17 bits per heavy atom. The molecule has 29 heavy (non-hydrogen) atoms. The zero-order valence-electron chi connectivity index (χ0n) is 17.3. The molecule has 0 fully saturated rings. The van der Waals surface area contributed by atoms with Gasteiger partial charge >= 0.3 is 0 Å². The predicted octanol–water partition coefficient (Wildman–Crippen LogP) is 6.10. The van der Waals surface area contributed by atoms with Crippen molar-refractivity contribution in [1.29, 1.82) is 0 Å². The predicted molar refractivity (Wildman–Crippen MR) is 120 cm³/mol. The summed E-state index contributed by atoms with van der Waals surface area (Å²) >= 11 is 0. The molecule has 3 heteroatoms. The van der Waals surface area contributed by atoms with E-state index in [1.165, 1.54) is 0 Å². The molecular weight excluding hydrogens is 358 g/mol. The quantitative estimate of drug-likeness (QED) is 0.426. The number of rotatable bonds is 4. The van der Waals surface area contributed by atoms with Gasteiger partial charge in [-0.1, -0.05) is 56.3 Å². The van der Waals surface area contributed by atoms with E-state index in [4.69, 9.17) is 4.74 Å². The van der Waals surface area contributed by atoms with Crippen LogP contribution in [0.1, 0.15) is 30.9 Å². The normalized spacial score (nSPS) is 11.2. The van der Waals surface area contributed by atoms with E-state index in [0.29, 0.717) is 0 Å². The summed E-state index contributed by atoms with van der Waals surface area (Å²) in [4.78, 5) is 13.3. The molecule has 146 valence electrons. The van der Waals surface area contributed by atoms with Crippen LogP contribution in [0.5, 0.6) is 5.75 Å². The van der Waals surface area contributed by atoms with E-state index >= 15 is 0 Å². The van der Waals surface area contributed by atoms with Crippen LogP contribution in [0.15, 0.2) is 77.6 Å². The van der Waals surface area contributed by atoms with Gasteiger partial charge in [0.15, 0.2) is 5.43 Å². The van der Waals surface area contributed by atoms with E-state index in [-0.39, 0.29) is 11.3 Å². The van der Waals surface area contributed by atoms with E-state index in [1.54, 1.807) is 7.11 Å². The number of nitrogens with zero attached hydrogens (tertiary/aromatic N) is 1. The van der Waals surface area contributed by atoms with Gasteiger partial charge in [-0.15, -0.1) is 0 Å². The number of aromatic nitrogens is 1. The van der Waals surface area contributed by atoms with Crippen LogP contribution in [-0.2, 0) is 0 Å². The van der Waals surface area contributed by atoms with Gasteiger partial charge in [0.2, 0.25) is 0 Å². The van der Waals surface area contributed by atoms with E-state index in [1.807, 2.05) is 61.5 Å². The van der Waals surface area contributed by atoms with Crippen LogP contribution in [0, 0.1) is 6.92 Å². The Labute approximate surface area is 171 Å². The molecule has 0 saturated carbocycles. The summed E-state index contributed by atoms with van der Waals surface area (Å²) in [6.45, 7) is 6.26. The maximum atomic E-state index is 13.3. The SMILES string of the molecule is COc1ccc(-n2c(-c3ccccc3)c(C)c(=O)c3cccc(C(C)C)c32)cc1. The van der Waals surface area contributed by atoms with Gasteiger partial charge in [-0.25, -0.2) is 0 Å². The molecule has 0 aliphatic heterocycles. The summed E-state index contributed by atoms with van der Waals surface area (Å²) in [5.74, 6) is 1.09. The molecule has 0 saturated heterocycles. The van der Waals surface area contributed by atoms with Crippen molar-refractivity contribution in [2.45, 2.75) is 26.7 Å². The molecule has 0 amide bonds. The third kappa shape index (κ3) is 3.23. The van der Waals surface area contributed by atoms with Gasteiger partial charge in [-0.3, -0.25) is 4.79 Å². The summed E-state index contributed by atoms with van der Waals surface area (Å²) < 4.78 is 7.59. The Balaban J connectivity index is 2.22. The highest BCUT2D eigenvalue weighted by Gasteiger charge is 2.20. The fourth-order valence-corrected chi connectivity index (χ4v) is 3.98. The fraction of sp³-hybridized carbons (Fsp3) is 0.192. The van der Waals surface area contributed by atoms with Crippen molar-refractivity contribution in [3.8, 4) is 22.7 Å². The maximum absolute atomic E-state index is 13.3. The van der Waals surface area contributed by atoms with Crippen molar-refractivity contribution >= 4 is 10.9 Å². The van der Waals surface area contributed by atoms with Crippen LogP contribution >= 0.6 is 0 Å². The molecular formula is C26H25NO2. The molecule has 0 aliphatic carbocycles. The Hall–Kier alpha value is -3.33. The monoisotopic (exact) mass is 383 g/mol. The summed E-state index contributed by atoms with van der Waals surface area (Å²) in [5.41, 5.74) is 5.94. The smallest absolute Gasteiger partial charge is 0.192 e. The van der Waals surface area contributed by atoms with E-state index in [2.05, 4.69) is 36.6 Å². The highest BCUT2D eigenvalue weighted by atomic mass is 16.5. The summed E-state index contributed by atoms with van der Waals surface area (Å²) in [7, 11) is 1.67. The van der Waals surface area contributed by atoms with Crippen LogP contribution in [0.3, 0.4) is 0 Å². The minimum Gasteiger partial charge on any atom is -0.497 e. The van der Waals surface area contributed by atoms with Crippen molar-refractivity contribution in [1.82, 2.24) is 4.57 Å². The first-order chi connectivity index (χ1) is 14.0. The Morgan fingerprint density at radius 1 is 0.862 bits per heavy atom. The van der Waals surface area contributed by atoms with E-state index in [9.17, 15) is 4.79 Å². The number of hydrogen-bond donors (Lipinski definition) is 0. The van der Waals surface area contributed by atoms with Crippen LogP contribution in [0.25, 0.3) is 27.8 Å².